The van der Waals surface area contributed by atoms with Crippen molar-refractivity contribution in [2.45, 2.75) is 64.8 Å². The molecule has 3 heteroatoms. The minimum absolute atomic E-state index is 0.361. The Labute approximate surface area is 131 Å². The van der Waals surface area contributed by atoms with Gasteiger partial charge in [0.15, 0.2) is 0 Å². The Balaban J connectivity index is 1.84. The lowest BCUT2D eigenvalue weighted by atomic mass is 9.78. The van der Waals surface area contributed by atoms with Gasteiger partial charge in [0, 0.05) is 25.7 Å². The standard InChI is InChI=1S/C18H36N2O/c1-3-9-19-18-7-6-15(2)12-17(18)14-20-10-4-5-16(13-20)8-11-21/h15-19,21H,3-14H2,1-2H3. The molecule has 3 nitrogen and oxygen atoms in total. The van der Waals surface area contributed by atoms with E-state index in [2.05, 4.69) is 24.1 Å². The summed E-state index contributed by atoms with van der Waals surface area (Å²) in [5.41, 5.74) is 0. The number of hydrogen-bond donors (Lipinski definition) is 2. The van der Waals surface area contributed by atoms with Crippen molar-refractivity contribution in [1.29, 1.82) is 0 Å². The predicted octanol–water partition coefficient (Wildman–Crippen LogP) is 2.89. The molecular weight excluding hydrogens is 260 g/mol. The quantitative estimate of drug-likeness (QED) is 0.758. The molecule has 0 spiro atoms. The summed E-state index contributed by atoms with van der Waals surface area (Å²) < 4.78 is 0. The summed E-state index contributed by atoms with van der Waals surface area (Å²) in [6.07, 6.45) is 9.01. The molecule has 0 radical (unpaired) electrons. The largest absolute Gasteiger partial charge is 0.396 e. The van der Waals surface area contributed by atoms with E-state index in [0.29, 0.717) is 6.61 Å². The van der Waals surface area contributed by atoms with Gasteiger partial charge in [-0.2, -0.15) is 0 Å². The average molecular weight is 296 g/mol. The zero-order valence-electron chi connectivity index (χ0n) is 14.2. The van der Waals surface area contributed by atoms with Gasteiger partial charge in [-0.1, -0.05) is 13.8 Å². The fourth-order valence-corrected chi connectivity index (χ4v) is 4.37. The van der Waals surface area contributed by atoms with Crippen LogP contribution in [0.1, 0.15) is 58.8 Å². The number of aliphatic hydroxyl groups is 1. The van der Waals surface area contributed by atoms with E-state index < -0.39 is 0 Å². The van der Waals surface area contributed by atoms with Gasteiger partial charge in [0.2, 0.25) is 0 Å². The van der Waals surface area contributed by atoms with Gasteiger partial charge in [-0.3, -0.25) is 0 Å². The third-order valence-corrected chi connectivity index (χ3v) is 5.53. The van der Waals surface area contributed by atoms with Crippen molar-refractivity contribution in [2.75, 3.05) is 32.8 Å². The molecular formula is C18H36N2O. The Morgan fingerprint density at radius 1 is 1.24 bits per heavy atom. The summed E-state index contributed by atoms with van der Waals surface area (Å²) in [6, 6.07) is 0.736. The van der Waals surface area contributed by atoms with E-state index in [1.807, 2.05) is 0 Å². The summed E-state index contributed by atoms with van der Waals surface area (Å²) in [5, 5.41) is 13.0. The fourth-order valence-electron chi connectivity index (χ4n) is 4.37. The number of likely N-dealkylation sites (tertiary alicyclic amines) is 1. The third kappa shape index (κ3) is 5.54. The molecule has 1 aliphatic carbocycles. The minimum atomic E-state index is 0.361. The lowest BCUT2D eigenvalue weighted by Gasteiger charge is -2.41. The van der Waals surface area contributed by atoms with Crippen molar-refractivity contribution >= 4 is 0 Å². The lowest BCUT2D eigenvalue weighted by Crippen LogP contribution is -2.47. The van der Waals surface area contributed by atoms with Crippen LogP contribution in [0, 0.1) is 17.8 Å². The molecule has 0 bridgehead atoms. The van der Waals surface area contributed by atoms with Crippen LogP contribution < -0.4 is 5.32 Å². The monoisotopic (exact) mass is 296 g/mol. The molecule has 1 heterocycles. The van der Waals surface area contributed by atoms with E-state index in [4.69, 9.17) is 0 Å². The van der Waals surface area contributed by atoms with E-state index in [9.17, 15) is 5.11 Å². The molecule has 1 aliphatic heterocycles. The van der Waals surface area contributed by atoms with Crippen LogP contribution in [0.25, 0.3) is 0 Å². The summed E-state index contributed by atoms with van der Waals surface area (Å²) in [7, 11) is 0. The van der Waals surface area contributed by atoms with Crippen molar-refractivity contribution < 1.29 is 5.11 Å². The summed E-state index contributed by atoms with van der Waals surface area (Å²) in [5.74, 6) is 2.45. The molecule has 0 aromatic carbocycles. The molecule has 2 aliphatic rings. The molecule has 21 heavy (non-hydrogen) atoms. The Morgan fingerprint density at radius 2 is 2.10 bits per heavy atom. The maximum atomic E-state index is 9.17. The molecule has 4 atom stereocenters. The van der Waals surface area contributed by atoms with E-state index in [-0.39, 0.29) is 0 Å². The van der Waals surface area contributed by atoms with Gasteiger partial charge >= 0.3 is 0 Å². The molecule has 1 saturated heterocycles. The molecule has 2 N–H and O–H groups in total. The molecule has 0 aromatic rings. The first kappa shape index (κ1) is 17.2. The number of nitrogens with one attached hydrogen (secondary N) is 1. The molecule has 2 rings (SSSR count). The smallest absolute Gasteiger partial charge is 0.0434 e. The zero-order chi connectivity index (χ0) is 15.1. The maximum Gasteiger partial charge on any atom is 0.0434 e. The van der Waals surface area contributed by atoms with Crippen molar-refractivity contribution in [3.8, 4) is 0 Å². The highest BCUT2D eigenvalue weighted by Crippen LogP contribution is 2.31. The number of hydrogen-bond acceptors (Lipinski definition) is 3. The second kappa shape index (κ2) is 9.12. The Kier molecular flexibility index (Phi) is 7.48. The van der Waals surface area contributed by atoms with Crippen LogP contribution >= 0.6 is 0 Å². The fraction of sp³-hybridized carbons (Fsp3) is 1.00. The molecule has 0 aromatic heterocycles. The number of nitrogens with zero attached hydrogens (tertiary/aromatic N) is 1. The third-order valence-electron chi connectivity index (χ3n) is 5.53. The van der Waals surface area contributed by atoms with Crippen LogP contribution in [-0.2, 0) is 0 Å². The van der Waals surface area contributed by atoms with E-state index in [1.54, 1.807) is 0 Å². The van der Waals surface area contributed by atoms with E-state index >= 15 is 0 Å². The highest BCUT2D eigenvalue weighted by molar-refractivity contribution is 4.86. The van der Waals surface area contributed by atoms with Crippen molar-refractivity contribution in [3.63, 3.8) is 0 Å². The molecule has 0 amide bonds. The number of aliphatic hydroxyl groups excluding tert-OH is 1. The summed E-state index contributed by atoms with van der Waals surface area (Å²) in [4.78, 5) is 2.69. The lowest BCUT2D eigenvalue weighted by molar-refractivity contribution is 0.0987. The van der Waals surface area contributed by atoms with Gasteiger partial charge in [0.25, 0.3) is 0 Å². The van der Waals surface area contributed by atoms with Gasteiger partial charge in [-0.15, -0.1) is 0 Å². The average Bonchev–Trinajstić information content (AvgIpc) is 2.47. The Morgan fingerprint density at radius 3 is 2.86 bits per heavy atom. The molecule has 1 saturated carbocycles. The van der Waals surface area contributed by atoms with Crippen molar-refractivity contribution in [3.05, 3.63) is 0 Å². The SMILES string of the molecule is CCCNC1CCC(C)CC1CN1CCCC(CCO)C1. The minimum Gasteiger partial charge on any atom is -0.396 e. The zero-order valence-corrected chi connectivity index (χ0v) is 14.2. The Hall–Kier alpha value is -0.120. The van der Waals surface area contributed by atoms with Crippen LogP contribution in [-0.4, -0.2) is 48.8 Å². The van der Waals surface area contributed by atoms with Crippen molar-refractivity contribution in [2.24, 2.45) is 17.8 Å². The molecule has 4 unspecified atom stereocenters. The predicted molar refractivity (Wildman–Crippen MR) is 89.5 cm³/mol. The Bertz CT molecular complexity index is 280. The van der Waals surface area contributed by atoms with Gasteiger partial charge < -0.3 is 15.3 Å². The van der Waals surface area contributed by atoms with E-state index in [0.717, 1.165) is 30.2 Å². The number of rotatable bonds is 7. The second-order valence-corrected chi connectivity index (χ2v) is 7.52. The first-order valence-corrected chi connectivity index (χ1v) is 9.29. The summed E-state index contributed by atoms with van der Waals surface area (Å²) >= 11 is 0. The van der Waals surface area contributed by atoms with Crippen LogP contribution in [0.2, 0.25) is 0 Å². The highest BCUT2D eigenvalue weighted by Gasteiger charge is 2.31. The second-order valence-electron chi connectivity index (χ2n) is 7.52. The first-order valence-electron chi connectivity index (χ1n) is 9.29. The van der Waals surface area contributed by atoms with Crippen molar-refractivity contribution in [1.82, 2.24) is 10.2 Å². The van der Waals surface area contributed by atoms with Crippen LogP contribution in [0.3, 0.4) is 0 Å². The molecule has 124 valence electrons. The van der Waals surface area contributed by atoms with Gasteiger partial charge in [-0.25, -0.2) is 0 Å². The number of piperidine rings is 1. The maximum absolute atomic E-state index is 9.17. The van der Waals surface area contributed by atoms with Crippen LogP contribution in [0.5, 0.6) is 0 Å². The van der Waals surface area contributed by atoms with E-state index in [1.165, 1.54) is 64.7 Å². The van der Waals surface area contributed by atoms with Crippen LogP contribution in [0.4, 0.5) is 0 Å². The van der Waals surface area contributed by atoms with Gasteiger partial charge in [0.1, 0.15) is 0 Å². The normalized spacial score (nSPS) is 35.0. The first-order chi connectivity index (χ1) is 10.2. The van der Waals surface area contributed by atoms with Crippen LogP contribution in [0.15, 0.2) is 0 Å². The molecule has 2 fully saturated rings. The van der Waals surface area contributed by atoms with Gasteiger partial charge in [-0.05, 0) is 75.8 Å². The topological polar surface area (TPSA) is 35.5 Å². The summed E-state index contributed by atoms with van der Waals surface area (Å²) in [6.45, 7) is 9.97. The highest BCUT2D eigenvalue weighted by atomic mass is 16.3. The van der Waals surface area contributed by atoms with Gasteiger partial charge in [0.05, 0.1) is 0 Å².